The molecule has 0 atom stereocenters. The summed E-state index contributed by atoms with van der Waals surface area (Å²) in [5, 5.41) is 2.06. The molecule has 0 saturated heterocycles. The van der Waals surface area contributed by atoms with Gasteiger partial charge in [0.05, 0.1) is 5.69 Å². The average molecular weight is 227 g/mol. The Morgan fingerprint density at radius 2 is 2.17 bits per heavy atom. The zero-order valence-electron chi connectivity index (χ0n) is 6.53. The van der Waals surface area contributed by atoms with Crippen LogP contribution in [0.5, 0.6) is 0 Å². The van der Waals surface area contributed by atoms with Crippen molar-refractivity contribution in [2.45, 2.75) is 25.3 Å². The van der Waals surface area contributed by atoms with Gasteiger partial charge in [0.1, 0.15) is 0 Å². The summed E-state index contributed by atoms with van der Waals surface area (Å²) in [6, 6.07) is 0. The molecule has 1 aromatic heterocycles. The lowest BCUT2D eigenvalue weighted by Gasteiger charge is -1.93. The third-order valence-corrected chi connectivity index (χ3v) is 2.55. The Bertz CT molecular complexity index is 235. The Hall–Kier alpha value is 0.170. The van der Waals surface area contributed by atoms with Crippen molar-refractivity contribution in [2.24, 2.45) is 5.73 Å². The number of aromatic nitrogens is 1. The van der Waals surface area contributed by atoms with Crippen LogP contribution in [0.2, 0.25) is 0 Å². The second-order valence-corrected chi connectivity index (χ2v) is 3.33. The number of hydrogen-bond acceptors (Lipinski definition) is 3. The first kappa shape index (κ1) is 12.2. The Morgan fingerprint density at radius 1 is 1.50 bits per heavy atom. The minimum atomic E-state index is 0. The van der Waals surface area contributed by atoms with Crippen LogP contribution in [0.1, 0.15) is 30.0 Å². The van der Waals surface area contributed by atoms with Gasteiger partial charge in [0.15, 0.2) is 0 Å². The highest BCUT2D eigenvalue weighted by Gasteiger charge is 2.27. The van der Waals surface area contributed by atoms with Crippen molar-refractivity contribution in [3.05, 3.63) is 16.6 Å². The molecule has 0 radical (unpaired) electrons. The summed E-state index contributed by atoms with van der Waals surface area (Å²) in [4.78, 5) is 0. The van der Waals surface area contributed by atoms with Gasteiger partial charge in [-0.1, -0.05) is 0 Å². The Kier molecular flexibility index (Phi) is 5.09. The summed E-state index contributed by atoms with van der Waals surface area (Å²) in [6.45, 7) is 0.655. The highest BCUT2D eigenvalue weighted by molar-refractivity contribution is 7.03. The predicted octanol–water partition coefficient (Wildman–Crippen LogP) is 2.32. The SMILES string of the molecule is Cl.Cl.NCc1csnc1C1CC1. The van der Waals surface area contributed by atoms with Crippen LogP contribution in [0.25, 0.3) is 0 Å². The molecule has 1 aliphatic carbocycles. The molecule has 12 heavy (non-hydrogen) atoms. The summed E-state index contributed by atoms with van der Waals surface area (Å²) < 4.78 is 4.31. The van der Waals surface area contributed by atoms with Crippen LogP contribution < -0.4 is 5.73 Å². The van der Waals surface area contributed by atoms with E-state index in [1.54, 1.807) is 0 Å². The highest BCUT2D eigenvalue weighted by Crippen LogP contribution is 2.41. The van der Waals surface area contributed by atoms with E-state index in [0.717, 1.165) is 5.92 Å². The molecule has 2 nitrogen and oxygen atoms in total. The molecule has 1 fully saturated rings. The quantitative estimate of drug-likeness (QED) is 0.842. The third kappa shape index (κ3) is 2.33. The van der Waals surface area contributed by atoms with Crippen LogP contribution in [-0.2, 0) is 6.54 Å². The van der Waals surface area contributed by atoms with E-state index in [1.807, 2.05) is 0 Å². The van der Waals surface area contributed by atoms with Crippen molar-refractivity contribution >= 4 is 36.3 Å². The van der Waals surface area contributed by atoms with Gasteiger partial charge >= 0.3 is 0 Å². The summed E-state index contributed by atoms with van der Waals surface area (Å²) in [6.07, 6.45) is 2.63. The van der Waals surface area contributed by atoms with Crippen LogP contribution in [0.15, 0.2) is 5.38 Å². The molecule has 2 N–H and O–H groups in total. The van der Waals surface area contributed by atoms with E-state index >= 15 is 0 Å². The monoisotopic (exact) mass is 226 g/mol. The van der Waals surface area contributed by atoms with Crippen LogP contribution in [-0.4, -0.2) is 4.37 Å². The first-order valence-electron chi connectivity index (χ1n) is 3.55. The molecule has 0 bridgehead atoms. The molecule has 0 aliphatic heterocycles. The van der Waals surface area contributed by atoms with Gasteiger partial charge in [-0.15, -0.1) is 24.8 Å². The second-order valence-electron chi connectivity index (χ2n) is 2.70. The van der Waals surface area contributed by atoms with Gasteiger partial charge < -0.3 is 5.73 Å². The number of nitrogens with two attached hydrogens (primary N) is 1. The Morgan fingerprint density at radius 3 is 2.67 bits per heavy atom. The second kappa shape index (κ2) is 5.02. The van der Waals surface area contributed by atoms with Gasteiger partial charge in [0.2, 0.25) is 0 Å². The van der Waals surface area contributed by atoms with Gasteiger partial charge in [-0.25, -0.2) is 0 Å². The molecule has 0 unspecified atom stereocenters. The number of halogens is 2. The minimum Gasteiger partial charge on any atom is -0.326 e. The van der Waals surface area contributed by atoms with Crippen LogP contribution >= 0.6 is 36.3 Å². The molecule has 0 amide bonds. The van der Waals surface area contributed by atoms with E-state index in [2.05, 4.69) is 9.75 Å². The zero-order valence-corrected chi connectivity index (χ0v) is 8.97. The van der Waals surface area contributed by atoms with E-state index in [9.17, 15) is 0 Å². The summed E-state index contributed by atoms with van der Waals surface area (Å²) in [7, 11) is 0. The van der Waals surface area contributed by atoms with E-state index < -0.39 is 0 Å². The molecule has 1 heterocycles. The number of nitrogens with zero attached hydrogens (tertiary/aromatic N) is 1. The van der Waals surface area contributed by atoms with Gasteiger partial charge in [-0.05, 0) is 29.9 Å². The maximum atomic E-state index is 5.53. The molecule has 5 heteroatoms. The fraction of sp³-hybridized carbons (Fsp3) is 0.571. The lowest BCUT2D eigenvalue weighted by Crippen LogP contribution is -1.97. The standard InChI is InChI=1S/C7H10N2S.2ClH/c8-3-6-4-10-9-7(6)5-1-2-5;;/h4-5H,1-3,8H2;2*1H. The van der Waals surface area contributed by atoms with E-state index in [0.29, 0.717) is 6.54 Å². The van der Waals surface area contributed by atoms with Crippen LogP contribution in [0, 0.1) is 0 Å². The van der Waals surface area contributed by atoms with Crippen molar-refractivity contribution in [2.75, 3.05) is 0 Å². The molecule has 1 aliphatic rings. The van der Waals surface area contributed by atoms with Gasteiger partial charge in [0, 0.05) is 17.8 Å². The van der Waals surface area contributed by atoms with Gasteiger partial charge in [-0.3, -0.25) is 0 Å². The van der Waals surface area contributed by atoms with Crippen LogP contribution in [0.4, 0.5) is 0 Å². The van der Waals surface area contributed by atoms with Gasteiger partial charge in [0.25, 0.3) is 0 Å². The first-order chi connectivity index (χ1) is 4.92. The van der Waals surface area contributed by atoms with Crippen molar-refractivity contribution in [3.63, 3.8) is 0 Å². The third-order valence-electron chi connectivity index (χ3n) is 1.86. The molecule has 0 aromatic carbocycles. The van der Waals surface area contributed by atoms with E-state index in [1.165, 1.54) is 35.6 Å². The molecule has 1 aromatic rings. The smallest absolute Gasteiger partial charge is 0.0617 e. The Labute approximate surface area is 88.5 Å². The molecule has 2 rings (SSSR count). The molecule has 0 spiro atoms. The molecule has 1 saturated carbocycles. The highest BCUT2D eigenvalue weighted by atomic mass is 35.5. The molecular formula is C7H12Cl2N2S. The number of rotatable bonds is 2. The van der Waals surface area contributed by atoms with Crippen molar-refractivity contribution < 1.29 is 0 Å². The summed E-state index contributed by atoms with van der Waals surface area (Å²) >= 11 is 1.53. The van der Waals surface area contributed by atoms with E-state index in [4.69, 9.17) is 5.73 Å². The van der Waals surface area contributed by atoms with Crippen molar-refractivity contribution in [1.82, 2.24) is 4.37 Å². The molecule has 70 valence electrons. The maximum Gasteiger partial charge on any atom is 0.0617 e. The first-order valence-corrected chi connectivity index (χ1v) is 4.38. The summed E-state index contributed by atoms with van der Waals surface area (Å²) in [5.41, 5.74) is 8.06. The van der Waals surface area contributed by atoms with Crippen molar-refractivity contribution in [3.8, 4) is 0 Å². The normalized spacial score (nSPS) is 14.8. The summed E-state index contributed by atoms with van der Waals surface area (Å²) in [5.74, 6) is 0.754. The zero-order chi connectivity index (χ0) is 6.97. The average Bonchev–Trinajstić information content (AvgIpc) is 2.69. The lowest BCUT2D eigenvalue weighted by atomic mass is 10.2. The fourth-order valence-electron chi connectivity index (χ4n) is 1.11. The topological polar surface area (TPSA) is 38.9 Å². The minimum absolute atomic E-state index is 0. The fourth-order valence-corrected chi connectivity index (χ4v) is 1.89. The maximum absolute atomic E-state index is 5.53. The van der Waals surface area contributed by atoms with Crippen LogP contribution in [0.3, 0.4) is 0 Å². The van der Waals surface area contributed by atoms with Crippen molar-refractivity contribution in [1.29, 1.82) is 0 Å². The van der Waals surface area contributed by atoms with Gasteiger partial charge in [-0.2, -0.15) is 4.37 Å². The van der Waals surface area contributed by atoms with E-state index in [-0.39, 0.29) is 24.8 Å². The molecular weight excluding hydrogens is 215 g/mol. The Balaban J connectivity index is 0.000000605. The predicted molar refractivity (Wildman–Crippen MR) is 56.5 cm³/mol. The largest absolute Gasteiger partial charge is 0.326 e. The number of hydrogen-bond donors (Lipinski definition) is 1. The lowest BCUT2D eigenvalue weighted by molar-refractivity contribution is 0.976.